The van der Waals surface area contributed by atoms with Crippen LogP contribution in [-0.2, 0) is 9.97 Å². The van der Waals surface area contributed by atoms with E-state index in [1.807, 2.05) is 0 Å². The Morgan fingerprint density at radius 3 is 2.43 bits per heavy atom. The van der Waals surface area contributed by atoms with Gasteiger partial charge in [-0.15, -0.1) is 5.10 Å². The second kappa shape index (κ2) is 6.06. The highest BCUT2D eigenvalue weighted by Crippen LogP contribution is 2.39. The van der Waals surface area contributed by atoms with Gasteiger partial charge in [0, 0.05) is 0 Å². The van der Waals surface area contributed by atoms with E-state index in [9.17, 15) is 18.0 Å². The highest BCUT2D eigenvalue weighted by atomic mass is 35.6. The lowest BCUT2D eigenvalue weighted by Gasteiger charge is -2.13. The number of hydrogen-bond acceptors (Lipinski definition) is 4. The minimum Gasteiger partial charge on any atom is -0.449 e. The summed E-state index contributed by atoms with van der Waals surface area (Å²) in [5.41, 5.74) is -1.12. The van der Waals surface area contributed by atoms with E-state index in [1.165, 1.54) is 6.07 Å². The lowest BCUT2D eigenvalue weighted by atomic mass is 10.2. The van der Waals surface area contributed by atoms with E-state index in [-0.39, 0.29) is 5.69 Å². The molecule has 2 rings (SSSR count). The van der Waals surface area contributed by atoms with E-state index in [4.69, 9.17) is 39.9 Å². The maximum atomic E-state index is 12.8. The molecule has 0 bridgehead atoms. The zero-order chi connectivity index (χ0) is 17.4. The molecule has 0 fully saturated rings. The Bertz CT molecular complexity index is 743. The molecule has 0 aliphatic carbocycles. The van der Waals surface area contributed by atoms with E-state index in [0.717, 1.165) is 22.9 Å². The van der Waals surface area contributed by atoms with Gasteiger partial charge in [-0.25, -0.2) is 9.48 Å². The van der Waals surface area contributed by atoms with Crippen LogP contribution in [0.15, 0.2) is 24.3 Å². The van der Waals surface area contributed by atoms with Crippen molar-refractivity contribution in [2.24, 2.45) is 0 Å². The van der Waals surface area contributed by atoms with Crippen LogP contribution in [0.3, 0.4) is 0 Å². The summed E-state index contributed by atoms with van der Waals surface area (Å²) in [5.74, 6) is -0.432. The number of halogens is 6. The fourth-order valence-electron chi connectivity index (χ4n) is 1.59. The van der Waals surface area contributed by atoms with Crippen molar-refractivity contribution >= 4 is 41.0 Å². The Hall–Kier alpha value is -1.71. The predicted molar refractivity (Wildman–Crippen MR) is 74.3 cm³/mol. The first-order chi connectivity index (χ1) is 10.5. The van der Waals surface area contributed by atoms with Gasteiger partial charge < -0.3 is 9.84 Å². The van der Waals surface area contributed by atoms with E-state index in [0.29, 0.717) is 0 Å². The van der Waals surface area contributed by atoms with Gasteiger partial charge >= 0.3 is 18.3 Å². The monoisotopic (exact) mass is 389 g/mol. The molecule has 6 nitrogen and oxygen atoms in total. The lowest BCUT2D eigenvalue weighted by molar-refractivity contribution is -0.137. The van der Waals surface area contributed by atoms with Gasteiger partial charge in [0.1, 0.15) is 0 Å². The van der Waals surface area contributed by atoms with Crippen molar-refractivity contribution in [2.75, 3.05) is 0 Å². The number of hydrogen-bond donors (Lipinski definition) is 1. The van der Waals surface area contributed by atoms with Gasteiger partial charge in [0.15, 0.2) is 5.82 Å². The summed E-state index contributed by atoms with van der Waals surface area (Å²) < 4.78 is 41.1. The molecule has 1 aromatic heterocycles. The molecular formula is C11H5Cl3F3N3O3. The van der Waals surface area contributed by atoms with Crippen LogP contribution in [0.1, 0.15) is 11.4 Å². The quantitative estimate of drug-likeness (QED) is 0.615. The van der Waals surface area contributed by atoms with Crippen LogP contribution in [-0.4, -0.2) is 26.0 Å². The van der Waals surface area contributed by atoms with Gasteiger partial charge in [-0.05, 0) is 18.2 Å². The fraction of sp³-hybridized carbons (Fsp3) is 0.182. The number of benzene rings is 1. The average molecular weight is 391 g/mol. The van der Waals surface area contributed by atoms with Gasteiger partial charge in [0.25, 0.3) is 0 Å². The maximum absolute atomic E-state index is 12.8. The van der Waals surface area contributed by atoms with E-state index in [1.54, 1.807) is 0 Å². The maximum Gasteiger partial charge on any atom is 0.513 e. The average Bonchev–Trinajstić information content (AvgIpc) is 2.81. The second-order valence-corrected chi connectivity index (χ2v) is 6.32. The van der Waals surface area contributed by atoms with Crippen molar-refractivity contribution in [3.05, 3.63) is 35.7 Å². The minimum absolute atomic E-state index is 0.145. The number of ether oxygens (including phenoxy) is 1. The molecule has 0 saturated carbocycles. The third-order valence-corrected chi connectivity index (χ3v) is 2.95. The minimum atomic E-state index is -4.60. The molecular weight excluding hydrogens is 385 g/mol. The Morgan fingerprint density at radius 2 is 1.91 bits per heavy atom. The number of carboxylic acid groups (broad SMARTS) is 1. The SMILES string of the molecule is O=C(O)Oc1nc(C(Cl)(Cl)Cl)n(-c2cccc(C(F)(F)F)c2)n1. The van der Waals surface area contributed by atoms with Crippen LogP contribution in [0.2, 0.25) is 0 Å². The molecule has 0 aliphatic rings. The zero-order valence-electron chi connectivity index (χ0n) is 10.7. The van der Waals surface area contributed by atoms with Crippen molar-refractivity contribution in [1.82, 2.24) is 14.8 Å². The van der Waals surface area contributed by atoms with Crippen molar-refractivity contribution < 1.29 is 27.8 Å². The van der Waals surface area contributed by atoms with Crippen molar-refractivity contribution in [3.63, 3.8) is 0 Å². The summed E-state index contributed by atoms with van der Waals surface area (Å²) in [6.07, 6.45) is -6.33. The van der Waals surface area contributed by atoms with Gasteiger partial charge in [0.05, 0.1) is 11.3 Å². The molecule has 124 valence electrons. The number of alkyl halides is 6. The molecule has 1 N–H and O–H groups in total. The Balaban J connectivity index is 2.58. The molecule has 0 spiro atoms. The van der Waals surface area contributed by atoms with Gasteiger partial charge in [-0.2, -0.15) is 18.2 Å². The number of aromatic nitrogens is 3. The summed E-state index contributed by atoms with van der Waals surface area (Å²) in [5, 5.41) is 12.1. The second-order valence-electron chi connectivity index (χ2n) is 4.04. The largest absolute Gasteiger partial charge is 0.513 e. The summed E-state index contributed by atoms with van der Waals surface area (Å²) in [6.45, 7) is 0. The van der Waals surface area contributed by atoms with Gasteiger partial charge in [0.2, 0.25) is 3.79 Å². The number of nitrogens with zero attached hydrogens (tertiary/aromatic N) is 3. The summed E-state index contributed by atoms with van der Waals surface area (Å²) in [6, 6.07) is 3.23. The third kappa shape index (κ3) is 4.18. The van der Waals surface area contributed by atoms with Crippen molar-refractivity contribution in [1.29, 1.82) is 0 Å². The van der Waals surface area contributed by atoms with E-state index < -0.39 is 33.5 Å². The molecule has 0 amide bonds. The van der Waals surface area contributed by atoms with Gasteiger partial charge in [-0.3, -0.25) is 0 Å². The molecule has 0 atom stereocenters. The molecule has 1 aromatic carbocycles. The first-order valence-corrected chi connectivity index (χ1v) is 6.74. The summed E-state index contributed by atoms with van der Waals surface area (Å²) in [4.78, 5) is 14.1. The summed E-state index contributed by atoms with van der Waals surface area (Å²) in [7, 11) is 0. The highest BCUT2D eigenvalue weighted by Gasteiger charge is 2.34. The molecule has 0 aliphatic heterocycles. The predicted octanol–water partition coefficient (Wildman–Crippen LogP) is 4.17. The molecule has 0 unspecified atom stereocenters. The Labute approximate surface area is 141 Å². The Kier molecular flexibility index (Phi) is 4.65. The topological polar surface area (TPSA) is 77.2 Å². The lowest BCUT2D eigenvalue weighted by Crippen LogP contribution is -2.13. The molecule has 0 saturated heterocycles. The molecule has 2 aromatic rings. The van der Waals surface area contributed by atoms with Crippen LogP contribution in [0.25, 0.3) is 5.69 Å². The van der Waals surface area contributed by atoms with Crippen LogP contribution >= 0.6 is 34.8 Å². The van der Waals surface area contributed by atoms with E-state index in [2.05, 4.69) is 14.8 Å². The Morgan fingerprint density at radius 1 is 1.26 bits per heavy atom. The zero-order valence-corrected chi connectivity index (χ0v) is 13.0. The molecule has 12 heteroatoms. The van der Waals surface area contributed by atoms with Crippen LogP contribution in [0.4, 0.5) is 18.0 Å². The van der Waals surface area contributed by atoms with Crippen LogP contribution in [0, 0.1) is 0 Å². The molecule has 0 radical (unpaired) electrons. The molecule has 23 heavy (non-hydrogen) atoms. The normalized spacial score (nSPS) is 12.3. The number of carbonyl (C=O) groups is 1. The fourth-order valence-corrected chi connectivity index (χ4v) is 1.96. The summed E-state index contributed by atoms with van der Waals surface area (Å²) >= 11 is 17.0. The first kappa shape index (κ1) is 17.6. The van der Waals surface area contributed by atoms with E-state index >= 15 is 0 Å². The van der Waals surface area contributed by atoms with Gasteiger partial charge in [-0.1, -0.05) is 40.9 Å². The molecule has 1 heterocycles. The van der Waals surface area contributed by atoms with Crippen molar-refractivity contribution in [2.45, 2.75) is 9.97 Å². The first-order valence-electron chi connectivity index (χ1n) is 5.61. The highest BCUT2D eigenvalue weighted by molar-refractivity contribution is 6.66. The third-order valence-electron chi connectivity index (χ3n) is 2.44. The standard InChI is InChI=1S/C11H5Cl3F3N3O3/c12-10(13,14)7-18-8(23-9(21)22)19-20(7)6-3-1-2-5(4-6)11(15,16)17/h1-4H,(H,21,22). The number of rotatable bonds is 2. The van der Waals surface area contributed by atoms with Crippen LogP contribution in [0.5, 0.6) is 6.01 Å². The smallest absolute Gasteiger partial charge is 0.449 e. The van der Waals surface area contributed by atoms with Crippen LogP contribution < -0.4 is 4.74 Å². The van der Waals surface area contributed by atoms with Crippen molar-refractivity contribution in [3.8, 4) is 11.7 Å².